The van der Waals surface area contributed by atoms with Crippen LogP contribution in [0.15, 0.2) is 30.3 Å². The van der Waals surface area contributed by atoms with E-state index >= 15 is 0 Å². The maximum absolute atomic E-state index is 11.6. The second-order valence-corrected chi connectivity index (χ2v) is 4.25. The highest BCUT2D eigenvalue weighted by atomic mass is 16.5. The first kappa shape index (κ1) is 13.7. The van der Waals surface area contributed by atoms with Gasteiger partial charge in [-0.05, 0) is 18.4 Å². The monoisotopic (exact) mass is 236 g/mol. The van der Waals surface area contributed by atoms with Gasteiger partial charge in [0.05, 0.1) is 12.0 Å². The first-order chi connectivity index (χ1) is 8.09. The molecule has 1 aromatic carbocycles. The van der Waals surface area contributed by atoms with E-state index in [1.165, 1.54) is 0 Å². The lowest BCUT2D eigenvalue weighted by Crippen LogP contribution is -2.30. The van der Waals surface area contributed by atoms with E-state index in [9.17, 15) is 9.90 Å². The largest absolute Gasteiger partial charge is 0.461 e. The van der Waals surface area contributed by atoms with Crippen LogP contribution >= 0.6 is 0 Å². The van der Waals surface area contributed by atoms with Gasteiger partial charge in [0.2, 0.25) is 0 Å². The van der Waals surface area contributed by atoms with E-state index in [0.717, 1.165) is 5.56 Å². The minimum atomic E-state index is -0.923. The Bertz CT molecular complexity index is 342. The van der Waals surface area contributed by atoms with Gasteiger partial charge in [0.15, 0.2) is 0 Å². The quantitative estimate of drug-likeness (QED) is 0.772. The van der Waals surface area contributed by atoms with E-state index < -0.39 is 5.60 Å². The molecule has 0 aliphatic heterocycles. The number of hydrogen-bond acceptors (Lipinski definition) is 3. The molecule has 0 aromatic heterocycles. The average Bonchev–Trinajstić information content (AvgIpc) is 2.37. The van der Waals surface area contributed by atoms with E-state index in [1.54, 1.807) is 0 Å². The fourth-order valence-electron chi connectivity index (χ4n) is 1.56. The lowest BCUT2D eigenvalue weighted by Gasteiger charge is -2.23. The summed E-state index contributed by atoms with van der Waals surface area (Å²) in [5.41, 5.74) is 0.0331. The molecule has 1 aromatic rings. The lowest BCUT2D eigenvalue weighted by atomic mass is 9.94. The van der Waals surface area contributed by atoms with Crippen LogP contribution in [0.4, 0.5) is 0 Å². The van der Waals surface area contributed by atoms with E-state index in [0.29, 0.717) is 12.8 Å². The van der Waals surface area contributed by atoms with Gasteiger partial charge in [-0.15, -0.1) is 0 Å². The van der Waals surface area contributed by atoms with Crippen molar-refractivity contribution in [2.24, 2.45) is 0 Å². The van der Waals surface area contributed by atoms with Crippen molar-refractivity contribution in [2.75, 3.05) is 0 Å². The van der Waals surface area contributed by atoms with Crippen LogP contribution in [-0.4, -0.2) is 16.7 Å². The molecule has 0 atom stereocenters. The van der Waals surface area contributed by atoms with Crippen LogP contribution < -0.4 is 0 Å². The lowest BCUT2D eigenvalue weighted by molar-refractivity contribution is -0.150. The number of aliphatic hydroxyl groups is 1. The maximum Gasteiger partial charge on any atom is 0.309 e. The van der Waals surface area contributed by atoms with Gasteiger partial charge in [-0.2, -0.15) is 0 Å². The molecule has 0 aliphatic rings. The van der Waals surface area contributed by atoms with E-state index in [2.05, 4.69) is 0 Å². The molecule has 3 nitrogen and oxygen atoms in total. The molecule has 0 heterocycles. The second kappa shape index (κ2) is 6.40. The summed E-state index contributed by atoms with van der Waals surface area (Å²) in [5, 5.41) is 10.00. The summed E-state index contributed by atoms with van der Waals surface area (Å²) in [5.74, 6) is -0.347. The number of esters is 1. The van der Waals surface area contributed by atoms with Gasteiger partial charge in [-0.25, -0.2) is 0 Å². The molecule has 1 rings (SSSR count). The van der Waals surface area contributed by atoms with Crippen LogP contribution in [0.5, 0.6) is 0 Å². The molecule has 0 radical (unpaired) electrons. The highest BCUT2D eigenvalue weighted by molar-refractivity contribution is 5.70. The zero-order chi connectivity index (χ0) is 12.7. The Hall–Kier alpha value is -1.35. The van der Waals surface area contributed by atoms with Crippen LogP contribution in [0.25, 0.3) is 0 Å². The molecule has 0 spiro atoms. The van der Waals surface area contributed by atoms with Crippen molar-refractivity contribution in [1.82, 2.24) is 0 Å². The summed E-state index contributed by atoms with van der Waals surface area (Å²) >= 11 is 0. The molecule has 0 bridgehead atoms. The SMILES string of the molecule is CCC(O)(CC)CC(=O)OCc1ccccc1. The van der Waals surface area contributed by atoms with Crippen molar-refractivity contribution in [3.63, 3.8) is 0 Å². The van der Waals surface area contributed by atoms with Crippen LogP contribution in [0.2, 0.25) is 0 Å². The molecule has 1 N–H and O–H groups in total. The number of carbonyl (C=O) groups is 1. The van der Waals surface area contributed by atoms with Gasteiger partial charge in [0.1, 0.15) is 6.61 Å². The van der Waals surface area contributed by atoms with Gasteiger partial charge in [0, 0.05) is 0 Å². The number of hydrogen-bond donors (Lipinski definition) is 1. The first-order valence-corrected chi connectivity index (χ1v) is 6.01. The summed E-state index contributed by atoms with van der Waals surface area (Å²) in [4.78, 5) is 11.6. The van der Waals surface area contributed by atoms with E-state index in [-0.39, 0.29) is 19.0 Å². The number of carbonyl (C=O) groups excluding carboxylic acids is 1. The summed E-state index contributed by atoms with van der Waals surface area (Å²) in [6.07, 6.45) is 1.18. The smallest absolute Gasteiger partial charge is 0.309 e. The van der Waals surface area contributed by atoms with Gasteiger partial charge >= 0.3 is 5.97 Å². The van der Waals surface area contributed by atoms with Crippen LogP contribution in [0, 0.1) is 0 Å². The van der Waals surface area contributed by atoms with E-state index in [4.69, 9.17) is 4.74 Å². The highest BCUT2D eigenvalue weighted by Crippen LogP contribution is 2.20. The van der Waals surface area contributed by atoms with Gasteiger partial charge < -0.3 is 9.84 Å². The summed E-state index contributed by atoms with van der Waals surface area (Å²) in [6, 6.07) is 9.52. The first-order valence-electron chi connectivity index (χ1n) is 6.01. The predicted molar refractivity (Wildman–Crippen MR) is 66.4 cm³/mol. The van der Waals surface area contributed by atoms with Crippen molar-refractivity contribution in [1.29, 1.82) is 0 Å². The fraction of sp³-hybridized carbons (Fsp3) is 0.500. The number of ether oxygens (including phenoxy) is 1. The standard InChI is InChI=1S/C14H20O3/c1-3-14(16,4-2)10-13(15)17-11-12-8-6-5-7-9-12/h5-9,16H,3-4,10-11H2,1-2H3. The summed E-state index contributed by atoms with van der Waals surface area (Å²) in [7, 11) is 0. The van der Waals surface area contributed by atoms with Crippen LogP contribution in [0.1, 0.15) is 38.7 Å². The van der Waals surface area contributed by atoms with Crippen LogP contribution in [0.3, 0.4) is 0 Å². The van der Waals surface area contributed by atoms with Crippen LogP contribution in [-0.2, 0) is 16.1 Å². The fourth-order valence-corrected chi connectivity index (χ4v) is 1.56. The molecular weight excluding hydrogens is 216 g/mol. The number of benzene rings is 1. The predicted octanol–water partition coefficient (Wildman–Crippen LogP) is 2.67. The topological polar surface area (TPSA) is 46.5 Å². The molecular formula is C14H20O3. The minimum absolute atomic E-state index is 0.0623. The zero-order valence-corrected chi connectivity index (χ0v) is 10.5. The van der Waals surface area contributed by atoms with Crippen molar-refractivity contribution in [3.8, 4) is 0 Å². The third-order valence-corrected chi connectivity index (χ3v) is 3.03. The molecule has 3 heteroatoms. The average molecular weight is 236 g/mol. The molecule has 0 fully saturated rings. The molecule has 0 saturated heterocycles. The van der Waals surface area contributed by atoms with Crippen molar-refractivity contribution < 1.29 is 14.6 Å². The Morgan fingerprint density at radius 2 is 1.82 bits per heavy atom. The molecule has 0 saturated carbocycles. The zero-order valence-electron chi connectivity index (χ0n) is 10.5. The van der Waals surface area contributed by atoms with Gasteiger partial charge in [-0.3, -0.25) is 4.79 Å². The molecule has 0 amide bonds. The Morgan fingerprint density at radius 1 is 1.24 bits per heavy atom. The molecule has 17 heavy (non-hydrogen) atoms. The Morgan fingerprint density at radius 3 is 2.35 bits per heavy atom. The van der Waals surface area contributed by atoms with Gasteiger partial charge in [0.25, 0.3) is 0 Å². The number of rotatable bonds is 6. The van der Waals surface area contributed by atoms with Crippen molar-refractivity contribution in [2.45, 2.75) is 45.3 Å². The summed E-state index contributed by atoms with van der Waals surface area (Å²) in [6.45, 7) is 4.01. The Kier molecular flexibility index (Phi) is 5.16. The third kappa shape index (κ3) is 4.57. The Balaban J connectivity index is 2.40. The Labute approximate surface area is 102 Å². The maximum atomic E-state index is 11.6. The minimum Gasteiger partial charge on any atom is -0.461 e. The highest BCUT2D eigenvalue weighted by Gasteiger charge is 2.26. The molecule has 94 valence electrons. The molecule has 0 unspecified atom stereocenters. The van der Waals surface area contributed by atoms with Crippen molar-refractivity contribution in [3.05, 3.63) is 35.9 Å². The van der Waals surface area contributed by atoms with E-state index in [1.807, 2.05) is 44.2 Å². The van der Waals surface area contributed by atoms with Gasteiger partial charge in [-0.1, -0.05) is 44.2 Å². The summed E-state index contributed by atoms with van der Waals surface area (Å²) < 4.78 is 5.13. The normalized spacial score (nSPS) is 11.2. The molecule has 0 aliphatic carbocycles. The second-order valence-electron chi connectivity index (χ2n) is 4.25. The van der Waals surface area contributed by atoms with Crippen molar-refractivity contribution >= 4 is 5.97 Å². The third-order valence-electron chi connectivity index (χ3n) is 3.03.